The van der Waals surface area contributed by atoms with Gasteiger partial charge in [-0.15, -0.1) is 0 Å². The maximum absolute atomic E-state index is 10.4. The third-order valence-corrected chi connectivity index (χ3v) is 4.19. The highest BCUT2D eigenvalue weighted by molar-refractivity contribution is 5.97. The summed E-state index contributed by atoms with van der Waals surface area (Å²) in [5.41, 5.74) is 1.10. The molecule has 1 fully saturated rings. The van der Waals surface area contributed by atoms with E-state index in [9.17, 15) is 5.11 Å². The van der Waals surface area contributed by atoms with E-state index in [2.05, 4.69) is 11.4 Å². The maximum Gasteiger partial charge on any atom is 0.0998 e. The Bertz CT molecular complexity index is 666. The smallest absolute Gasteiger partial charge is 0.0998 e. The van der Waals surface area contributed by atoms with Crippen molar-refractivity contribution in [3.63, 3.8) is 0 Å². The van der Waals surface area contributed by atoms with Gasteiger partial charge in [-0.25, -0.2) is 0 Å². The lowest BCUT2D eigenvalue weighted by molar-refractivity contribution is 0.0615. The fraction of sp³-hybridized carbons (Fsp3) is 0.353. The molecule has 2 aromatic carbocycles. The summed E-state index contributed by atoms with van der Waals surface area (Å²) < 4.78 is 0. The Labute approximate surface area is 118 Å². The number of nitrogens with zero attached hydrogens (tertiary/aromatic N) is 1. The molecule has 0 heterocycles. The van der Waals surface area contributed by atoms with Crippen LogP contribution in [0.2, 0.25) is 0 Å². The number of aliphatic hydroxyl groups is 1. The lowest BCUT2D eigenvalue weighted by Gasteiger charge is -2.23. The van der Waals surface area contributed by atoms with E-state index in [-0.39, 0.29) is 0 Å². The number of fused-ring (bicyclic) bond motifs is 1. The van der Waals surface area contributed by atoms with Crippen molar-refractivity contribution < 1.29 is 5.11 Å². The Morgan fingerprint density at radius 1 is 1.10 bits per heavy atom. The lowest BCUT2D eigenvalue weighted by Crippen LogP contribution is -2.33. The molecule has 0 bridgehead atoms. The summed E-state index contributed by atoms with van der Waals surface area (Å²) in [6, 6.07) is 13.9. The largest absolute Gasteiger partial charge is 0.388 e. The van der Waals surface area contributed by atoms with E-state index in [4.69, 9.17) is 5.26 Å². The number of nitriles is 1. The zero-order valence-corrected chi connectivity index (χ0v) is 11.4. The number of anilines is 1. The van der Waals surface area contributed by atoms with Crippen LogP contribution in [-0.2, 0) is 0 Å². The first-order valence-corrected chi connectivity index (χ1v) is 7.10. The first-order valence-electron chi connectivity index (χ1n) is 7.10. The first-order chi connectivity index (χ1) is 9.72. The van der Waals surface area contributed by atoms with Crippen LogP contribution in [0.5, 0.6) is 0 Å². The standard InChI is InChI=1S/C17H18N2O/c18-11-13-7-8-16(15-6-2-1-5-14(13)15)19-12-17(20)9-3-4-10-17/h1-2,5-8,19-20H,3-4,9-10,12H2. The second kappa shape index (κ2) is 5.15. The van der Waals surface area contributed by atoms with Crippen LogP contribution in [0.15, 0.2) is 36.4 Å². The molecule has 3 heteroatoms. The summed E-state index contributed by atoms with van der Waals surface area (Å²) in [6.45, 7) is 0.572. The molecule has 0 unspecified atom stereocenters. The molecule has 0 radical (unpaired) electrons. The minimum absolute atomic E-state index is 0.572. The molecule has 3 nitrogen and oxygen atoms in total. The van der Waals surface area contributed by atoms with Crippen LogP contribution in [0.3, 0.4) is 0 Å². The first kappa shape index (κ1) is 13.0. The van der Waals surface area contributed by atoms with Crippen molar-refractivity contribution in [2.75, 3.05) is 11.9 Å². The van der Waals surface area contributed by atoms with Gasteiger partial charge in [0.25, 0.3) is 0 Å². The van der Waals surface area contributed by atoms with E-state index >= 15 is 0 Å². The summed E-state index contributed by atoms with van der Waals surface area (Å²) >= 11 is 0. The molecule has 3 rings (SSSR count). The van der Waals surface area contributed by atoms with E-state index < -0.39 is 5.60 Å². The molecule has 0 aromatic heterocycles. The molecule has 1 aliphatic rings. The highest BCUT2D eigenvalue weighted by Crippen LogP contribution is 2.31. The van der Waals surface area contributed by atoms with Crippen LogP contribution >= 0.6 is 0 Å². The second-order valence-electron chi connectivity index (χ2n) is 5.60. The molecular weight excluding hydrogens is 248 g/mol. The van der Waals surface area contributed by atoms with E-state index in [1.807, 2.05) is 36.4 Å². The second-order valence-corrected chi connectivity index (χ2v) is 5.60. The zero-order chi connectivity index (χ0) is 14.0. The highest BCUT2D eigenvalue weighted by Gasteiger charge is 2.30. The van der Waals surface area contributed by atoms with Crippen LogP contribution in [0, 0.1) is 11.3 Å². The molecule has 20 heavy (non-hydrogen) atoms. The summed E-state index contributed by atoms with van der Waals surface area (Å²) in [7, 11) is 0. The fourth-order valence-electron chi connectivity index (χ4n) is 3.02. The van der Waals surface area contributed by atoms with Crippen LogP contribution in [-0.4, -0.2) is 17.3 Å². The Morgan fingerprint density at radius 2 is 1.80 bits per heavy atom. The lowest BCUT2D eigenvalue weighted by atomic mass is 10.0. The zero-order valence-electron chi connectivity index (χ0n) is 11.4. The molecule has 0 aliphatic heterocycles. The van der Waals surface area contributed by atoms with Crippen LogP contribution in [0.1, 0.15) is 31.2 Å². The SMILES string of the molecule is N#Cc1ccc(NCC2(O)CCCC2)c2ccccc12. The van der Waals surface area contributed by atoms with E-state index in [0.29, 0.717) is 12.1 Å². The predicted molar refractivity (Wildman–Crippen MR) is 80.6 cm³/mol. The van der Waals surface area contributed by atoms with Crippen LogP contribution in [0.4, 0.5) is 5.69 Å². The fourth-order valence-corrected chi connectivity index (χ4v) is 3.02. The third kappa shape index (κ3) is 2.35. The summed E-state index contributed by atoms with van der Waals surface area (Å²) in [5, 5.41) is 24.9. The van der Waals surface area contributed by atoms with Crippen molar-refractivity contribution in [1.29, 1.82) is 5.26 Å². The minimum Gasteiger partial charge on any atom is -0.388 e. The van der Waals surface area contributed by atoms with Gasteiger partial charge in [0.05, 0.1) is 17.2 Å². The predicted octanol–water partition coefficient (Wildman–Crippen LogP) is 3.43. The number of nitrogens with one attached hydrogen (secondary N) is 1. The maximum atomic E-state index is 10.4. The van der Waals surface area contributed by atoms with Crippen molar-refractivity contribution in [3.05, 3.63) is 42.0 Å². The quantitative estimate of drug-likeness (QED) is 0.895. The van der Waals surface area contributed by atoms with Crippen molar-refractivity contribution in [1.82, 2.24) is 0 Å². The number of hydrogen-bond acceptors (Lipinski definition) is 3. The highest BCUT2D eigenvalue weighted by atomic mass is 16.3. The van der Waals surface area contributed by atoms with Gasteiger partial charge < -0.3 is 10.4 Å². The Kier molecular flexibility index (Phi) is 3.33. The van der Waals surface area contributed by atoms with E-state index in [0.717, 1.165) is 42.1 Å². The van der Waals surface area contributed by atoms with E-state index in [1.165, 1.54) is 0 Å². The van der Waals surface area contributed by atoms with Gasteiger partial charge in [-0.05, 0) is 25.0 Å². The van der Waals surface area contributed by atoms with Gasteiger partial charge in [-0.2, -0.15) is 5.26 Å². The van der Waals surface area contributed by atoms with Crippen molar-refractivity contribution in [3.8, 4) is 6.07 Å². The van der Waals surface area contributed by atoms with Crippen molar-refractivity contribution in [2.24, 2.45) is 0 Å². The van der Waals surface area contributed by atoms with Gasteiger partial charge in [0.15, 0.2) is 0 Å². The molecule has 0 atom stereocenters. The normalized spacial score (nSPS) is 17.0. The van der Waals surface area contributed by atoms with Gasteiger partial charge in [-0.1, -0.05) is 37.1 Å². The molecule has 0 amide bonds. The average Bonchev–Trinajstić information content (AvgIpc) is 2.92. The van der Waals surface area contributed by atoms with Crippen LogP contribution < -0.4 is 5.32 Å². The molecule has 2 aromatic rings. The molecule has 1 saturated carbocycles. The number of hydrogen-bond donors (Lipinski definition) is 2. The topological polar surface area (TPSA) is 56.0 Å². The van der Waals surface area contributed by atoms with Gasteiger partial charge in [0.1, 0.15) is 0 Å². The molecular formula is C17H18N2O. The summed E-state index contributed by atoms with van der Waals surface area (Å²) in [5.74, 6) is 0. The molecule has 1 aliphatic carbocycles. The number of rotatable bonds is 3. The molecule has 0 saturated heterocycles. The average molecular weight is 266 g/mol. The van der Waals surface area contributed by atoms with Gasteiger partial charge >= 0.3 is 0 Å². The molecule has 2 N–H and O–H groups in total. The monoisotopic (exact) mass is 266 g/mol. The summed E-state index contributed by atoms with van der Waals surface area (Å²) in [6.07, 6.45) is 3.95. The Morgan fingerprint density at radius 3 is 2.50 bits per heavy atom. The minimum atomic E-state index is -0.574. The van der Waals surface area contributed by atoms with Crippen molar-refractivity contribution >= 4 is 16.5 Å². The van der Waals surface area contributed by atoms with E-state index in [1.54, 1.807) is 0 Å². The molecule has 0 spiro atoms. The van der Waals surface area contributed by atoms with Gasteiger partial charge in [-0.3, -0.25) is 0 Å². The number of benzene rings is 2. The van der Waals surface area contributed by atoms with Gasteiger partial charge in [0.2, 0.25) is 0 Å². The van der Waals surface area contributed by atoms with Crippen molar-refractivity contribution in [2.45, 2.75) is 31.3 Å². The third-order valence-electron chi connectivity index (χ3n) is 4.19. The Balaban J connectivity index is 1.91. The summed E-state index contributed by atoms with van der Waals surface area (Å²) in [4.78, 5) is 0. The van der Waals surface area contributed by atoms with Crippen LogP contribution in [0.25, 0.3) is 10.8 Å². The molecule has 102 valence electrons. The Hall–Kier alpha value is -2.05. The van der Waals surface area contributed by atoms with Gasteiger partial charge in [0, 0.05) is 23.0 Å².